The molecule has 0 radical (unpaired) electrons. The average Bonchev–Trinajstić information content (AvgIpc) is 2.03. The first-order valence-corrected chi connectivity index (χ1v) is 4.79. The summed E-state index contributed by atoms with van der Waals surface area (Å²) in [5.41, 5.74) is 0. The van der Waals surface area contributed by atoms with Crippen molar-refractivity contribution < 1.29 is 9.90 Å². The van der Waals surface area contributed by atoms with Gasteiger partial charge in [-0.15, -0.1) is 0 Å². The molecule has 1 N–H and O–H groups in total. The third-order valence-electron chi connectivity index (χ3n) is 2.24. The molecule has 0 bridgehead atoms. The number of carbonyl (C=O) groups is 1. The van der Waals surface area contributed by atoms with Crippen molar-refractivity contribution in [2.75, 3.05) is 6.61 Å². The molecule has 0 aromatic carbocycles. The molecule has 0 saturated carbocycles. The van der Waals surface area contributed by atoms with Crippen LogP contribution in [0.4, 0.5) is 0 Å². The highest BCUT2D eigenvalue weighted by molar-refractivity contribution is 5.77. The van der Waals surface area contributed by atoms with Crippen molar-refractivity contribution in [1.82, 2.24) is 0 Å². The van der Waals surface area contributed by atoms with Crippen molar-refractivity contribution in [3.8, 4) is 0 Å². The number of unbranched alkanes of at least 4 members (excludes halogenated alkanes) is 3. The summed E-state index contributed by atoms with van der Waals surface area (Å²) in [5, 5.41) is 8.51. The van der Waals surface area contributed by atoms with E-state index in [2.05, 4.69) is 0 Å². The molecule has 0 unspecified atom stereocenters. The smallest absolute Gasteiger partial charge is 0.132 e. The summed E-state index contributed by atoms with van der Waals surface area (Å²) in [6, 6.07) is 0. The zero-order valence-corrected chi connectivity index (χ0v) is 8.18. The van der Waals surface area contributed by atoms with E-state index in [0.717, 1.165) is 32.1 Å². The Morgan fingerprint density at radius 2 is 1.83 bits per heavy atom. The Morgan fingerprint density at radius 3 is 2.33 bits per heavy atom. The summed E-state index contributed by atoms with van der Waals surface area (Å²) in [6.07, 6.45) is 5.23. The van der Waals surface area contributed by atoms with E-state index in [9.17, 15) is 4.79 Å². The second kappa shape index (κ2) is 7.29. The van der Waals surface area contributed by atoms with E-state index in [-0.39, 0.29) is 11.7 Å². The average molecular weight is 172 g/mol. The number of rotatable bonds is 7. The van der Waals surface area contributed by atoms with E-state index < -0.39 is 0 Å². The SMILES string of the molecule is CC(=O)[C@H](C)CCCCCCO. The first kappa shape index (κ1) is 11.6. The van der Waals surface area contributed by atoms with Gasteiger partial charge in [-0.25, -0.2) is 0 Å². The predicted molar refractivity (Wildman–Crippen MR) is 50.0 cm³/mol. The predicted octanol–water partition coefficient (Wildman–Crippen LogP) is 2.15. The zero-order valence-electron chi connectivity index (χ0n) is 8.18. The number of hydrogen-bond donors (Lipinski definition) is 1. The standard InChI is InChI=1S/C10H20O2/c1-9(10(2)12)7-5-3-4-6-8-11/h9,11H,3-8H2,1-2H3/t9-/m1/s1. The van der Waals surface area contributed by atoms with E-state index in [1.54, 1.807) is 6.92 Å². The van der Waals surface area contributed by atoms with Gasteiger partial charge in [-0.3, -0.25) is 4.79 Å². The Bertz CT molecular complexity index is 121. The Hall–Kier alpha value is -0.370. The minimum absolute atomic E-state index is 0.221. The molecule has 72 valence electrons. The maximum absolute atomic E-state index is 10.8. The fraction of sp³-hybridized carbons (Fsp3) is 0.900. The second-order valence-electron chi connectivity index (χ2n) is 3.44. The lowest BCUT2D eigenvalue weighted by molar-refractivity contribution is -0.120. The normalized spacial score (nSPS) is 12.9. The van der Waals surface area contributed by atoms with Gasteiger partial charge in [-0.2, -0.15) is 0 Å². The quantitative estimate of drug-likeness (QED) is 0.597. The Labute approximate surface area is 75.0 Å². The Balaban J connectivity index is 3.14. The highest BCUT2D eigenvalue weighted by atomic mass is 16.2. The summed E-state index contributed by atoms with van der Waals surface area (Å²) >= 11 is 0. The van der Waals surface area contributed by atoms with Crippen molar-refractivity contribution in [2.24, 2.45) is 5.92 Å². The minimum Gasteiger partial charge on any atom is -0.396 e. The van der Waals surface area contributed by atoms with E-state index in [0.29, 0.717) is 6.61 Å². The molecule has 0 fully saturated rings. The first-order valence-electron chi connectivity index (χ1n) is 4.79. The lowest BCUT2D eigenvalue weighted by Gasteiger charge is -2.05. The molecular formula is C10H20O2. The van der Waals surface area contributed by atoms with Crippen LogP contribution in [0, 0.1) is 5.92 Å². The summed E-state index contributed by atoms with van der Waals surface area (Å²) in [4.78, 5) is 10.8. The largest absolute Gasteiger partial charge is 0.396 e. The molecule has 1 atom stereocenters. The van der Waals surface area contributed by atoms with Gasteiger partial charge in [0.15, 0.2) is 0 Å². The number of aliphatic hydroxyl groups excluding tert-OH is 1. The highest BCUT2D eigenvalue weighted by Gasteiger charge is 2.05. The summed E-state index contributed by atoms with van der Waals surface area (Å²) < 4.78 is 0. The van der Waals surface area contributed by atoms with Gasteiger partial charge in [-0.1, -0.05) is 26.2 Å². The van der Waals surface area contributed by atoms with Crippen molar-refractivity contribution in [2.45, 2.75) is 46.0 Å². The van der Waals surface area contributed by atoms with Crippen LogP contribution in [-0.2, 0) is 4.79 Å². The van der Waals surface area contributed by atoms with E-state index in [4.69, 9.17) is 5.11 Å². The second-order valence-corrected chi connectivity index (χ2v) is 3.44. The van der Waals surface area contributed by atoms with Crippen molar-refractivity contribution in [3.05, 3.63) is 0 Å². The molecule has 0 spiro atoms. The lowest BCUT2D eigenvalue weighted by Crippen LogP contribution is -2.05. The molecule has 0 amide bonds. The molecule has 0 rings (SSSR count). The van der Waals surface area contributed by atoms with Crippen LogP contribution in [0.15, 0.2) is 0 Å². The topological polar surface area (TPSA) is 37.3 Å². The van der Waals surface area contributed by atoms with Crippen LogP contribution < -0.4 is 0 Å². The third-order valence-corrected chi connectivity index (χ3v) is 2.24. The van der Waals surface area contributed by atoms with E-state index in [1.807, 2.05) is 6.92 Å². The van der Waals surface area contributed by atoms with Crippen LogP contribution in [-0.4, -0.2) is 17.5 Å². The van der Waals surface area contributed by atoms with Crippen LogP contribution >= 0.6 is 0 Å². The fourth-order valence-corrected chi connectivity index (χ4v) is 1.12. The molecule has 0 heterocycles. The maximum Gasteiger partial charge on any atom is 0.132 e. The van der Waals surface area contributed by atoms with Gasteiger partial charge < -0.3 is 5.11 Å². The number of hydrogen-bond acceptors (Lipinski definition) is 2. The third kappa shape index (κ3) is 6.35. The summed E-state index contributed by atoms with van der Waals surface area (Å²) in [5.74, 6) is 0.510. The molecule has 0 saturated heterocycles. The van der Waals surface area contributed by atoms with Gasteiger partial charge in [0.25, 0.3) is 0 Å². The summed E-state index contributed by atoms with van der Waals surface area (Å²) in [7, 11) is 0. The van der Waals surface area contributed by atoms with Gasteiger partial charge in [0.05, 0.1) is 0 Å². The Morgan fingerprint density at radius 1 is 1.25 bits per heavy atom. The van der Waals surface area contributed by atoms with Gasteiger partial charge in [0, 0.05) is 12.5 Å². The fourth-order valence-electron chi connectivity index (χ4n) is 1.12. The minimum atomic E-state index is 0.221. The molecule has 0 aliphatic carbocycles. The zero-order chi connectivity index (χ0) is 9.40. The molecule has 0 aromatic heterocycles. The van der Waals surface area contributed by atoms with Gasteiger partial charge in [0.2, 0.25) is 0 Å². The molecule has 0 aliphatic heterocycles. The molecule has 0 aromatic rings. The van der Waals surface area contributed by atoms with Crippen molar-refractivity contribution >= 4 is 5.78 Å². The van der Waals surface area contributed by atoms with Crippen LogP contribution in [0.2, 0.25) is 0 Å². The molecule has 0 aliphatic rings. The number of Topliss-reactive ketones (excluding diaryl/α,β-unsaturated/α-hetero) is 1. The van der Waals surface area contributed by atoms with Gasteiger partial charge in [0.1, 0.15) is 5.78 Å². The van der Waals surface area contributed by atoms with Crippen LogP contribution in [0.1, 0.15) is 46.0 Å². The monoisotopic (exact) mass is 172 g/mol. The van der Waals surface area contributed by atoms with Gasteiger partial charge >= 0.3 is 0 Å². The summed E-state index contributed by atoms with van der Waals surface area (Å²) in [6.45, 7) is 3.93. The van der Waals surface area contributed by atoms with E-state index >= 15 is 0 Å². The lowest BCUT2D eigenvalue weighted by atomic mass is 9.99. The van der Waals surface area contributed by atoms with Crippen LogP contribution in [0.3, 0.4) is 0 Å². The highest BCUT2D eigenvalue weighted by Crippen LogP contribution is 2.10. The number of carbonyl (C=O) groups excluding carboxylic acids is 1. The Kier molecular flexibility index (Phi) is 7.06. The van der Waals surface area contributed by atoms with Crippen LogP contribution in [0.25, 0.3) is 0 Å². The van der Waals surface area contributed by atoms with Crippen LogP contribution in [0.5, 0.6) is 0 Å². The molecule has 2 heteroatoms. The number of ketones is 1. The molecular weight excluding hydrogens is 152 g/mol. The molecule has 2 nitrogen and oxygen atoms in total. The van der Waals surface area contributed by atoms with Crippen molar-refractivity contribution in [3.63, 3.8) is 0 Å². The first-order chi connectivity index (χ1) is 5.68. The maximum atomic E-state index is 10.8. The molecule has 12 heavy (non-hydrogen) atoms. The van der Waals surface area contributed by atoms with Crippen molar-refractivity contribution in [1.29, 1.82) is 0 Å². The van der Waals surface area contributed by atoms with E-state index in [1.165, 1.54) is 0 Å². The van der Waals surface area contributed by atoms with Gasteiger partial charge in [-0.05, 0) is 19.8 Å². The number of aliphatic hydroxyl groups is 1.